The van der Waals surface area contributed by atoms with Crippen molar-refractivity contribution in [2.24, 2.45) is 0 Å². The van der Waals surface area contributed by atoms with E-state index in [9.17, 15) is 27.2 Å². The van der Waals surface area contributed by atoms with Gasteiger partial charge < -0.3 is 9.64 Å². The summed E-state index contributed by atoms with van der Waals surface area (Å²) < 4.78 is 55.4. The van der Waals surface area contributed by atoms with Crippen LogP contribution in [0.15, 0.2) is 18.2 Å². The number of nitrogens with zero attached hydrogens (tertiary/aromatic N) is 3. The van der Waals surface area contributed by atoms with E-state index in [1.807, 2.05) is 0 Å². The van der Waals surface area contributed by atoms with Crippen LogP contribution in [0.2, 0.25) is 0 Å². The lowest BCUT2D eigenvalue weighted by atomic mass is 10.1. The van der Waals surface area contributed by atoms with Crippen molar-refractivity contribution < 1.29 is 31.9 Å². The van der Waals surface area contributed by atoms with E-state index in [2.05, 4.69) is 9.64 Å². The zero-order valence-electron chi connectivity index (χ0n) is 16.3. The second kappa shape index (κ2) is 10.3. The highest BCUT2D eigenvalue weighted by Gasteiger charge is 2.33. The average molecular weight is 454 g/mol. The molecule has 2 aliphatic heterocycles. The Balaban J connectivity index is 0.00000320. The Labute approximate surface area is 178 Å². The highest BCUT2D eigenvalue weighted by Crippen LogP contribution is 2.34. The first-order chi connectivity index (χ1) is 13.7. The molecule has 0 N–H and O–H groups in total. The highest BCUT2D eigenvalue weighted by molar-refractivity contribution is 5.97. The number of carbonyl (C=O) groups is 2. The molecule has 6 nitrogen and oxygen atoms in total. The van der Waals surface area contributed by atoms with Gasteiger partial charge in [0.15, 0.2) is 5.75 Å². The molecule has 2 saturated heterocycles. The number of anilines is 1. The molecule has 0 aromatic heterocycles. The Bertz CT molecular complexity index is 739. The largest absolute Gasteiger partial charge is 0.573 e. The molecule has 30 heavy (non-hydrogen) atoms. The molecule has 1 aromatic rings. The number of hydrogen-bond acceptors (Lipinski definition) is 5. The van der Waals surface area contributed by atoms with E-state index in [1.54, 1.807) is 4.90 Å². The third kappa shape index (κ3) is 6.46. The Morgan fingerprint density at radius 2 is 1.60 bits per heavy atom. The number of piperazine rings is 1. The van der Waals surface area contributed by atoms with Gasteiger partial charge in [-0.2, -0.15) is 0 Å². The maximum absolute atomic E-state index is 13.6. The van der Waals surface area contributed by atoms with Crippen molar-refractivity contribution in [3.05, 3.63) is 24.0 Å². The van der Waals surface area contributed by atoms with Crippen LogP contribution in [0.5, 0.6) is 5.75 Å². The summed E-state index contributed by atoms with van der Waals surface area (Å²) in [5.41, 5.74) is 0.0754. The van der Waals surface area contributed by atoms with Gasteiger partial charge in [0.1, 0.15) is 5.82 Å². The fourth-order valence-corrected chi connectivity index (χ4v) is 3.66. The van der Waals surface area contributed by atoms with Gasteiger partial charge in [-0.3, -0.25) is 19.4 Å². The first-order valence-electron chi connectivity index (χ1n) is 9.59. The third-order valence-electron chi connectivity index (χ3n) is 5.10. The number of carbonyl (C=O) groups excluding carboxylic acids is 2. The SMILES string of the molecule is Cl.O=C1CCCC(=O)N1CCCN1CCN(c2cc(F)ccc2OC(F)(F)F)CC1. The van der Waals surface area contributed by atoms with E-state index < -0.39 is 17.9 Å². The van der Waals surface area contributed by atoms with Crippen LogP contribution in [0.4, 0.5) is 23.2 Å². The molecule has 0 saturated carbocycles. The van der Waals surface area contributed by atoms with Crippen LogP contribution in [0.25, 0.3) is 0 Å². The number of alkyl halides is 3. The number of amides is 2. The van der Waals surface area contributed by atoms with Gasteiger partial charge in [0.05, 0.1) is 5.69 Å². The number of imide groups is 1. The van der Waals surface area contributed by atoms with E-state index in [1.165, 1.54) is 4.90 Å². The molecule has 0 radical (unpaired) electrons. The molecule has 0 bridgehead atoms. The number of likely N-dealkylation sites (tertiary alicyclic amines) is 1. The number of rotatable bonds is 6. The average Bonchev–Trinajstić information content (AvgIpc) is 2.65. The fourth-order valence-electron chi connectivity index (χ4n) is 3.66. The van der Waals surface area contributed by atoms with E-state index >= 15 is 0 Å². The van der Waals surface area contributed by atoms with Crippen molar-refractivity contribution in [3.8, 4) is 5.75 Å². The fraction of sp³-hybridized carbons (Fsp3) is 0.579. The van der Waals surface area contributed by atoms with Gasteiger partial charge in [0.2, 0.25) is 11.8 Å². The number of piperidine rings is 1. The zero-order chi connectivity index (χ0) is 21.0. The minimum absolute atomic E-state index is 0. The molecule has 168 valence electrons. The molecular formula is C19H24ClF4N3O3. The molecule has 1 aromatic carbocycles. The molecule has 2 aliphatic rings. The van der Waals surface area contributed by atoms with Crippen molar-refractivity contribution in [3.63, 3.8) is 0 Å². The van der Waals surface area contributed by atoms with Crippen molar-refractivity contribution >= 4 is 29.9 Å². The summed E-state index contributed by atoms with van der Waals surface area (Å²) in [5, 5.41) is 0. The second-order valence-corrected chi connectivity index (χ2v) is 7.13. The minimum atomic E-state index is -4.85. The molecule has 2 heterocycles. The quantitative estimate of drug-likeness (QED) is 0.489. The van der Waals surface area contributed by atoms with Crippen LogP contribution >= 0.6 is 12.4 Å². The lowest BCUT2D eigenvalue weighted by molar-refractivity contribution is -0.274. The summed E-state index contributed by atoms with van der Waals surface area (Å²) in [6, 6.07) is 2.96. The molecule has 0 spiro atoms. The molecule has 0 atom stereocenters. The maximum atomic E-state index is 13.6. The lowest BCUT2D eigenvalue weighted by Crippen LogP contribution is -2.47. The van der Waals surface area contributed by atoms with Gasteiger partial charge in [-0.25, -0.2) is 4.39 Å². The Morgan fingerprint density at radius 3 is 2.20 bits per heavy atom. The third-order valence-corrected chi connectivity index (χ3v) is 5.10. The standard InChI is InChI=1S/C19H23F4N3O3.ClH/c20-14-5-6-16(29-19(21,22)23)15(13-14)25-11-9-24(10-12-25)7-2-8-26-17(27)3-1-4-18(26)28;/h5-6,13H,1-4,7-12H2;1H. The van der Waals surface area contributed by atoms with Crippen LogP contribution in [-0.4, -0.2) is 67.2 Å². The van der Waals surface area contributed by atoms with E-state index in [0.717, 1.165) is 18.2 Å². The van der Waals surface area contributed by atoms with Gasteiger partial charge >= 0.3 is 6.36 Å². The molecular weight excluding hydrogens is 430 g/mol. The summed E-state index contributed by atoms with van der Waals surface area (Å²) in [6.45, 7) is 3.03. The molecule has 3 rings (SSSR count). The van der Waals surface area contributed by atoms with Gasteiger partial charge in [-0.1, -0.05) is 0 Å². The number of halogens is 5. The van der Waals surface area contributed by atoms with Crippen LogP contribution in [-0.2, 0) is 9.59 Å². The summed E-state index contributed by atoms with van der Waals surface area (Å²) >= 11 is 0. The van der Waals surface area contributed by atoms with Crippen LogP contribution in [0, 0.1) is 5.82 Å². The summed E-state index contributed by atoms with van der Waals surface area (Å²) in [7, 11) is 0. The van der Waals surface area contributed by atoms with Gasteiger partial charge in [0, 0.05) is 51.6 Å². The van der Waals surface area contributed by atoms with Gasteiger partial charge in [0.25, 0.3) is 0 Å². The van der Waals surface area contributed by atoms with Crippen molar-refractivity contribution in [2.75, 3.05) is 44.2 Å². The molecule has 0 unspecified atom stereocenters. The minimum Gasteiger partial charge on any atom is -0.404 e. The summed E-state index contributed by atoms with van der Waals surface area (Å²) in [5.74, 6) is -1.31. The molecule has 11 heteroatoms. The first kappa shape index (κ1) is 24.2. The predicted molar refractivity (Wildman–Crippen MR) is 104 cm³/mol. The van der Waals surface area contributed by atoms with Gasteiger partial charge in [-0.15, -0.1) is 25.6 Å². The van der Waals surface area contributed by atoms with Crippen LogP contribution in [0.1, 0.15) is 25.7 Å². The summed E-state index contributed by atoms with van der Waals surface area (Å²) in [6.07, 6.45) is -2.80. The topological polar surface area (TPSA) is 53.1 Å². The van der Waals surface area contributed by atoms with Crippen molar-refractivity contribution in [1.29, 1.82) is 0 Å². The van der Waals surface area contributed by atoms with E-state index in [4.69, 9.17) is 0 Å². The van der Waals surface area contributed by atoms with E-state index in [-0.39, 0.29) is 29.9 Å². The smallest absolute Gasteiger partial charge is 0.404 e. The molecule has 2 amide bonds. The molecule has 2 fully saturated rings. The normalized spacial score (nSPS) is 18.4. The number of ether oxygens (including phenoxy) is 1. The Morgan fingerprint density at radius 1 is 0.967 bits per heavy atom. The van der Waals surface area contributed by atoms with Crippen LogP contribution < -0.4 is 9.64 Å². The maximum Gasteiger partial charge on any atom is 0.573 e. The van der Waals surface area contributed by atoms with E-state index in [0.29, 0.717) is 65.0 Å². The van der Waals surface area contributed by atoms with Crippen molar-refractivity contribution in [1.82, 2.24) is 9.80 Å². The predicted octanol–water partition coefficient (Wildman–Crippen LogP) is 3.20. The summed E-state index contributed by atoms with van der Waals surface area (Å²) in [4.78, 5) is 28.7. The van der Waals surface area contributed by atoms with Crippen molar-refractivity contribution in [2.45, 2.75) is 32.0 Å². The zero-order valence-corrected chi connectivity index (χ0v) is 17.1. The van der Waals surface area contributed by atoms with Crippen LogP contribution in [0.3, 0.4) is 0 Å². The monoisotopic (exact) mass is 453 g/mol. The molecule has 0 aliphatic carbocycles. The highest BCUT2D eigenvalue weighted by atomic mass is 35.5. The second-order valence-electron chi connectivity index (χ2n) is 7.13. The number of hydrogen-bond donors (Lipinski definition) is 0. The number of benzene rings is 1. The first-order valence-corrected chi connectivity index (χ1v) is 9.59. The Hall–Kier alpha value is -2.07. The van der Waals surface area contributed by atoms with Gasteiger partial charge in [-0.05, 0) is 31.5 Å². The Kier molecular flexibility index (Phi) is 8.31. The lowest BCUT2D eigenvalue weighted by Gasteiger charge is -2.37.